The van der Waals surface area contributed by atoms with Gasteiger partial charge in [0, 0.05) is 6.07 Å². The molecule has 0 bridgehead atoms. The Kier molecular flexibility index (Phi) is 5.07. The van der Waals surface area contributed by atoms with Crippen molar-refractivity contribution in [2.75, 3.05) is 10.8 Å². The third-order valence-corrected chi connectivity index (χ3v) is 5.36. The molecule has 0 atom stereocenters. The van der Waals surface area contributed by atoms with Gasteiger partial charge in [-0.15, -0.1) is 0 Å². The molecule has 0 spiro atoms. The maximum absolute atomic E-state index is 13.0. The number of carbonyl (C=O) groups excluding carboxylic acids is 1. The van der Waals surface area contributed by atoms with E-state index in [4.69, 9.17) is 5.73 Å². The zero-order valence-electron chi connectivity index (χ0n) is 13.7. The predicted molar refractivity (Wildman–Crippen MR) is 92.7 cm³/mol. The lowest BCUT2D eigenvalue weighted by atomic mass is 10.1. The van der Waals surface area contributed by atoms with Gasteiger partial charge in [-0.1, -0.05) is 29.8 Å². The summed E-state index contributed by atoms with van der Waals surface area (Å²) in [5.41, 5.74) is 6.38. The van der Waals surface area contributed by atoms with Crippen LogP contribution in [-0.2, 0) is 14.8 Å². The highest BCUT2D eigenvalue weighted by atomic mass is 32.2. The maximum atomic E-state index is 13.0. The molecule has 25 heavy (non-hydrogen) atoms. The summed E-state index contributed by atoms with van der Waals surface area (Å²) in [6, 6.07) is 9.95. The molecule has 9 heteroatoms. The number of amides is 1. The van der Waals surface area contributed by atoms with Crippen molar-refractivity contribution in [2.45, 2.75) is 18.7 Å². The molecular formula is C16H17N3O5S. The zero-order chi connectivity index (χ0) is 18.8. The van der Waals surface area contributed by atoms with Crippen molar-refractivity contribution in [1.82, 2.24) is 0 Å². The van der Waals surface area contributed by atoms with Gasteiger partial charge in [-0.25, -0.2) is 8.42 Å². The van der Waals surface area contributed by atoms with E-state index in [0.717, 1.165) is 22.0 Å². The molecule has 0 aliphatic heterocycles. The lowest BCUT2D eigenvalue weighted by molar-refractivity contribution is -0.387. The minimum Gasteiger partial charge on any atom is -0.368 e. The Hall–Kier alpha value is -2.94. The number of nitro groups is 1. The number of hydrogen-bond acceptors (Lipinski definition) is 5. The van der Waals surface area contributed by atoms with Gasteiger partial charge >= 0.3 is 0 Å². The number of nitrogens with two attached hydrogens (primary N) is 1. The van der Waals surface area contributed by atoms with Crippen molar-refractivity contribution < 1.29 is 18.1 Å². The number of hydrogen-bond donors (Lipinski definition) is 1. The molecule has 0 saturated heterocycles. The van der Waals surface area contributed by atoms with E-state index in [-0.39, 0.29) is 5.69 Å². The van der Waals surface area contributed by atoms with Gasteiger partial charge in [-0.3, -0.25) is 19.2 Å². The van der Waals surface area contributed by atoms with Crippen molar-refractivity contribution in [3.05, 3.63) is 63.7 Å². The van der Waals surface area contributed by atoms with Gasteiger partial charge < -0.3 is 5.73 Å². The van der Waals surface area contributed by atoms with Gasteiger partial charge in [-0.05, 0) is 31.5 Å². The third-order valence-electron chi connectivity index (χ3n) is 3.55. The van der Waals surface area contributed by atoms with E-state index in [9.17, 15) is 23.3 Å². The average Bonchev–Trinajstić information content (AvgIpc) is 2.53. The van der Waals surface area contributed by atoms with Crippen molar-refractivity contribution in [1.29, 1.82) is 0 Å². The summed E-state index contributed by atoms with van der Waals surface area (Å²) in [4.78, 5) is 21.4. The van der Waals surface area contributed by atoms with Crippen LogP contribution in [-0.4, -0.2) is 25.8 Å². The highest BCUT2D eigenvalue weighted by Crippen LogP contribution is 2.31. The van der Waals surface area contributed by atoms with Crippen LogP contribution in [0.15, 0.2) is 47.4 Å². The number of sulfonamides is 1. The Morgan fingerprint density at radius 3 is 2.40 bits per heavy atom. The number of benzene rings is 2. The maximum Gasteiger partial charge on any atom is 0.289 e. The summed E-state index contributed by atoms with van der Waals surface area (Å²) in [7, 11) is -4.37. The highest BCUT2D eigenvalue weighted by Gasteiger charge is 2.33. The molecular weight excluding hydrogens is 346 g/mol. The standard InChI is InChI=1S/C16H17N3O5S/c1-11-7-8-13(12(2)9-11)18(10-16(17)20)25(23,24)15-6-4-3-5-14(15)19(21)22/h3-9H,10H2,1-2H3,(H2,17,20). The summed E-state index contributed by atoms with van der Waals surface area (Å²) in [6.45, 7) is 2.90. The van der Waals surface area contributed by atoms with Crippen molar-refractivity contribution in [3.8, 4) is 0 Å². The Morgan fingerprint density at radius 1 is 1.20 bits per heavy atom. The molecule has 2 aromatic carbocycles. The van der Waals surface area contributed by atoms with E-state index in [0.29, 0.717) is 5.56 Å². The van der Waals surface area contributed by atoms with Crippen LogP contribution in [0.2, 0.25) is 0 Å². The van der Waals surface area contributed by atoms with Gasteiger partial charge in [0.25, 0.3) is 15.7 Å². The number of rotatable bonds is 6. The molecule has 0 aliphatic rings. The van der Waals surface area contributed by atoms with Crippen LogP contribution < -0.4 is 10.0 Å². The third kappa shape index (κ3) is 3.77. The molecule has 0 heterocycles. The van der Waals surface area contributed by atoms with Gasteiger partial charge in [-0.2, -0.15) is 0 Å². The van der Waals surface area contributed by atoms with Gasteiger partial charge in [0.15, 0.2) is 4.90 Å². The van der Waals surface area contributed by atoms with Crippen LogP contribution in [0.5, 0.6) is 0 Å². The van der Waals surface area contributed by atoms with Crippen LogP contribution in [0.4, 0.5) is 11.4 Å². The second kappa shape index (κ2) is 6.89. The molecule has 132 valence electrons. The van der Waals surface area contributed by atoms with Crippen molar-refractivity contribution >= 4 is 27.3 Å². The van der Waals surface area contributed by atoms with Crippen LogP contribution in [0.3, 0.4) is 0 Å². The molecule has 0 fully saturated rings. The first-order chi connectivity index (χ1) is 11.6. The largest absolute Gasteiger partial charge is 0.368 e. The summed E-state index contributed by atoms with van der Waals surface area (Å²) < 4.78 is 26.9. The quantitative estimate of drug-likeness (QED) is 0.620. The number of primary amides is 1. The lowest BCUT2D eigenvalue weighted by Gasteiger charge is -2.24. The summed E-state index contributed by atoms with van der Waals surface area (Å²) in [5, 5.41) is 11.2. The van der Waals surface area contributed by atoms with Crippen LogP contribution in [0.25, 0.3) is 0 Å². The van der Waals surface area contributed by atoms with Gasteiger partial charge in [0.05, 0.1) is 10.6 Å². The molecule has 1 amide bonds. The molecule has 0 saturated carbocycles. The number of carbonyl (C=O) groups is 1. The number of nitro benzene ring substituents is 1. The number of nitrogens with zero attached hydrogens (tertiary/aromatic N) is 2. The lowest BCUT2D eigenvalue weighted by Crippen LogP contribution is -2.39. The SMILES string of the molecule is Cc1ccc(N(CC(N)=O)S(=O)(=O)c2ccccc2[N+](=O)[O-])c(C)c1. The second-order valence-corrected chi connectivity index (χ2v) is 7.32. The second-order valence-electron chi connectivity index (χ2n) is 5.49. The number of anilines is 1. The first-order valence-corrected chi connectivity index (χ1v) is 8.70. The topological polar surface area (TPSA) is 124 Å². The molecule has 0 aromatic heterocycles. The highest BCUT2D eigenvalue weighted by molar-refractivity contribution is 7.93. The van der Waals surface area contributed by atoms with E-state index in [1.165, 1.54) is 12.1 Å². The Balaban J connectivity index is 2.69. The minimum absolute atomic E-state index is 0.238. The van der Waals surface area contributed by atoms with Gasteiger partial charge in [0.1, 0.15) is 6.54 Å². The normalized spacial score (nSPS) is 11.1. The Morgan fingerprint density at radius 2 is 1.84 bits per heavy atom. The molecule has 0 unspecified atom stereocenters. The summed E-state index contributed by atoms with van der Waals surface area (Å²) in [5.74, 6) is -0.873. The zero-order valence-corrected chi connectivity index (χ0v) is 14.5. The minimum atomic E-state index is -4.37. The van der Waals surface area contributed by atoms with Crippen LogP contribution in [0, 0.1) is 24.0 Å². The van der Waals surface area contributed by atoms with E-state index in [1.54, 1.807) is 25.1 Å². The summed E-state index contributed by atoms with van der Waals surface area (Å²) in [6.07, 6.45) is 0. The van der Waals surface area contributed by atoms with Crippen molar-refractivity contribution in [3.63, 3.8) is 0 Å². The number of aryl methyl sites for hydroxylation is 2. The first-order valence-electron chi connectivity index (χ1n) is 7.26. The molecule has 2 rings (SSSR count). The Labute approximate surface area is 145 Å². The molecule has 8 nitrogen and oxygen atoms in total. The van der Waals surface area contributed by atoms with E-state index >= 15 is 0 Å². The van der Waals surface area contributed by atoms with E-state index < -0.39 is 38.0 Å². The molecule has 2 aromatic rings. The van der Waals surface area contributed by atoms with E-state index in [1.807, 2.05) is 6.92 Å². The molecule has 0 radical (unpaired) electrons. The van der Waals surface area contributed by atoms with Crippen LogP contribution >= 0.6 is 0 Å². The van der Waals surface area contributed by atoms with Gasteiger partial charge in [0.2, 0.25) is 5.91 Å². The first kappa shape index (κ1) is 18.4. The average molecular weight is 363 g/mol. The van der Waals surface area contributed by atoms with Crippen molar-refractivity contribution in [2.24, 2.45) is 5.73 Å². The molecule has 0 aliphatic carbocycles. The van der Waals surface area contributed by atoms with Crippen LogP contribution in [0.1, 0.15) is 11.1 Å². The van der Waals surface area contributed by atoms with E-state index in [2.05, 4.69) is 0 Å². The fourth-order valence-electron chi connectivity index (χ4n) is 2.47. The fourth-order valence-corrected chi connectivity index (χ4v) is 4.13. The molecule has 2 N–H and O–H groups in total. The predicted octanol–water partition coefficient (Wildman–Crippen LogP) is 1.89. The smallest absolute Gasteiger partial charge is 0.289 e. The Bertz CT molecular complexity index is 941. The summed E-state index contributed by atoms with van der Waals surface area (Å²) >= 11 is 0. The fraction of sp³-hybridized carbons (Fsp3) is 0.188. The number of para-hydroxylation sites is 1. The monoisotopic (exact) mass is 363 g/mol.